The minimum atomic E-state index is -4.71. The number of carboxylic acid groups (broad SMARTS) is 1. The summed E-state index contributed by atoms with van der Waals surface area (Å²) in [6, 6.07) is 13.8. The molecule has 186 valence electrons. The molecule has 3 aromatic rings. The third-order valence-electron chi connectivity index (χ3n) is 6.22. The van der Waals surface area contributed by atoms with Gasteiger partial charge in [0.2, 0.25) is 0 Å². The van der Waals surface area contributed by atoms with E-state index in [1.54, 1.807) is 12.1 Å². The molecule has 3 atom stereocenters. The number of benzene rings is 2. The Morgan fingerprint density at radius 3 is 2.63 bits per heavy atom. The summed E-state index contributed by atoms with van der Waals surface area (Å²) in [6.45, 7) is 2.60. The van der Waals surface area contributed by atoms with Crippen LogP contribution in [0.25, 0.3) is 5.69 Å². The number of ether oxygens (including phenoxy) is 1. The predicted molar refractivity (Wildman–Crippen MR) is 119 cm³/mol. The summed E-state index contributed by atoms with van der Waals surface area (Å²) in [6.07, 6.45) is -5.11. The Kier molecular flexibility index (Phi) is 6.92. The molecule has 1 aromatic heterocycles. The van der Waals surface area contributed by atoms with Crippen molar-refractivity contribution in [1.82, 2.24) is 30.4 Å². The van der Waals surface area contributed by atoms with Crippen LogP contribution in [0.4, 0.5) is 18.0 Å². The second-order valence-electron chi connectivity index (χ2n) is 8.37. The van der Waals surface area contributed by atoms with Crippen molar-refractivity contribution in [2.24, 2.45) is 0 Å². The van der Waals surface area contributed by atoms with Crippen LogP contribution in [0.3, 0.4) is 0 Å². The standard InChI is InChI=1S/C23H25F3N6O3/c1-14(27-19-10-11-31(22(33)34)13-18(19)15-6-4-3-5-7-15)17-12-16(8-9-20(17)35-2)32-21(23(24,25)26)28-29-30-32/h3-9,12,14,18-19,27H,10-11,13H2,1-2H3,(H,33,34)/t14-,18-,19-/m0/s1. The zero-order chi connectivity index (χ0) is 25.2. The number of piperidine rings is 1. The molecule has 1 aliphatic heterocycles. The highest BCUT2D eigenvalue weighted by Gasteiger charge is 2.39. The molecule has 2 aromatic carbocycles. The van der Waals surface area contributed by atoms with E-state index in [1.165, 1.54) is 18.1 Å². The van der Waals surface area contributed by atoms with Crippen molar-refractivity contribution < 1.29 is 27.8 Å². The number of carbonyl (C=O) groups is 1. The van der Waals surface area contributed by atoms with E-state index in [2.05, 4.69) is 20.8 Å². The Hall–Kier alpha value is -3.67. The lowest BCUT2D eigenvalue weighted by Gasteiger charge is -2.39. The van der Waals surface area contributed by atoms with Crippen LogP contribution >= 0.6 is 0 Å². The van der Waals surface area contributed by atoms with E-state index in [0.717, 1.165) is 5.56 Å². The molecule has 4 rings (SSSR count). The van der Waals surface area contributed by atoms with Crippen LogP contribution < -0.4 is 10.1 Å². The Labute approximate surface area is 199 Å². The molecule has 1 amide bonds. The summed E-state index contributed by atoms with van der Waals surface area (Å²) >= 11 is 0. The highest BCUT2D eigenvalue weighted by molar-refractivity contribution is 5.65. The van der Waals surface area contributed by atoms with Gasteiger partial charge in [0, 0.05) is 36.7 Å². The molecule has 0 saturated carbocycles. The average molecular weight is 490 g/mol. The smallest absolute Gasteiger partial charge is 0.453 e. The van der Waals surface area contributed by atoms with Crippen molar-refractivity contribution in [3.05, 3.63) is 65.5 Å². The van der Waals surface area contributed by atoms with Crippen LogP contribution in [0.15, 0.2) is 48.5 Å². The van der Waals surface area contributed by atoms with Gasteiger partial charge in [-0.2, -0.15) is 17.9 Å². The summed E-state index contributed by atoms with van der Waals surface area (Å²) in [5.74, 6) is -0.831. The summed E-state index contributed by atoms with van der Waals surface area (Å²) in [7, 11) is 1.49. The summed E-state index contributed by atoms with van der Waals surface area (Å²) in [5, 5.41) is 22.9. The van der Waals surface area contributed by atoms with Crippen molar-refractivity contribution in [3.8, 4) is 11.4 Å². The van der Waals surface area contributed by atoms with Gasteiger partial charge in [0.15, 0.2) is 0 Å². The van der Waals surface area contributed by atoms with Gasteiger partial charge in [-0.1, -0.05) is 30.3 Å². The number of alkyl halides is 3. The van der Waals surface area contributed by atoms with Crippen LogP contribution in [0, 0.1) is 0 Å². The zero-order valence-corrected chi connectivity index (χ0v) is 19.1. The van der Waals surface area contributed by atoms with Gasteiger partial charge in [-0.3, -0.25) is 0 Å². The molecular weight excluding hydrogens is 465 g/mol. The molecule has 35 heavy (non-hydrogen) atoms. The molecule has 9 nitrogen and oxygen atoms in total. The molecular formula is C23H25F3N6O3. The number of tetrazole rings is 1. The average Bonchev–Trinajstić information content (AvgIpc) is 3.35. The Bertz CT molecular complexity index is 1170. The molecule has 12 heteroatoms. The third kappa shape index (κ3) is 5.21. The zero-order valence-electron chi connectivity index (χ0n) is 19.1. The third-order valence-corrected chi connectivity index (χ3v) is 6.22. The van der Waals surface area contributed by atoms with Gasteiger partial charge in [-0.05, 0) is 47.5 Å². The number of hydrogen-bond acceptors (Lipinski definition) is 6. The quantitative estimate of drug-likeness (QED) is 0.540. The first kappa shape index (κ1) is 24.5. The lowest BCUT2D eigenvalue weighted by molar-refractivity contribution is -0.146. The molecule has 0 bridgehead atoms. The molecule has 0 aliphatic carbocycles. The first-order valence-electron chi connectivity index (χ1n) is 11.0. The topological polar surface area (TPSA) is 105 Å². The summed E-state index contributed by atoms with van der Waals surface area (Å²) in [5.41, 5.74) is 1.78. The SMILES string of the molecule is COc1ccc(-n2nnnc2C(F)(F)F)cc1[C@H](C)N[C@H]1CCN(C(=O)O)C[C@H]1c1ccccc1. The van der Waals surface area contributed by atoms with Gasteiger partial charge in [-0.25, -0.2) is 4.79 Å². The van der Waals surface area contributed by atoms with Crippen molar-refractivity contribution in [3.63, 3.8) is 0 Å². The van der Waals surface area contributed by atoms with Crippen LogP contribution in [0.5, 0.6) is 5.75 Å². The van der Waals surface area contributed by atoms with Crippen LogP contribution in [0.2, 0.25) is 0 Å². The van der Waals surface area contributed by atoms with E-state index in [4.69, 9.17) is 4.74 Å². The lowest BCUT2D eigenvalue weighted by atomic mass is 9.85. The van der Waals surface area contributed by atoms with E-state index in [-0.39, 0.29) is 23.7 Å². The molecule has 0 radical (unpaired) electrons. The van der Waals surface area contributed by atoms with Gasteiger partial charge >= 0.3 is 12.3 Å². The fourth-order valence-corrected chi connectivity index (χ4v) is 4.50. The maximum absolute atomic E-state index is 13.3. The van der Waals surface area contributed by atoms with Crippen LogP contribution in [-0.4, -0.2) is 62.5 Å². The number of likely N-dealkylation sites (tertiary alicyclic amines) is 1. The number of nitrogens with zero attached hydrogens (tertiary/aromatic N) is 5. The first-order valence-corrected chi connectivity index (χ1v) is 11.0. The van der Waals surface area contributed by atoms with Crippen molar-refractivity contribution >= 4 is 6.09 Å². The fraction of sp³-hybridized carbons (Fsp3) is 0.391. The number of aromatic nitrogens is 4. The number of rotatable bonds is 6. The molecule has 0 unspecified atom stereocenters. The van der Waals surface area contributed by atoms with E-state index in [1.807, 2.05) is 37.3 Å². The van der Waals surface area contributed by atoms with Gasteiger partial charge in [-0.15, -0.1) is 5.10 Å². The first-order chi connectivity index (χ1) is 16.7. The number of amides is 1. The van der Waals surface area contributed by atoms with Gasteiger partial charge < -0.3 is 20.1 Å². The molecule has 1 aliphatic rings. The second-order valence-corrected chi connectivity index (χ2v) is 8.37. The predicted octanol–water partition coefficient (Wildman–Crippen LogP) is 3.88. The Morgan fingerprint density at radius 1 is 1.23 bits per heavy atom. The van der Waals surface area contributed by atoms with E-state index >= 15 is 0 Å². The monoisotopic (exact) mass is 490 g/mol. The Morgan fingerprint density at radius 2 is 1.97 bits per heavy atom. The van der Waals surface area contributed by atoms with Crippen LogP contribution in [-0.2, 0) is 6.18 Å². The normalized spacial score (nSPS) is 19.4. The van der Waals surface area contributed by atoms with Crippen molar-refractivity contribution in [2.45, 2.75) is 37.5 Å². The minimum Gasteiger partial charge on any atom is -0.496 e. The number of halogens is 3. The number of hydrogen-bond donors (Lipinski definition) is 2. The highest BCUT2D eigenvalue weighted by atomic mass is 19.4. The van der Waals surface area contributed by atoms with Crippen LogP contribution in [0.1, 0.15) is 42.3 Å². The van der Waals surface area contributed by atoms with E-state index in [9.17, 15) is 23.1 Å². The van der Waals surface area contributed by atoms with E-state index < -0.39 is 18.1 Å². The molecule has 1 saturated heterocycles. The summed E-state index contributed by atoms with van der Waals surface area (Å²) < 4.78 is 46.1. The second kappa shape index (κ2) is 9.90. The maximum Gasteiger partial charge on any atom is 0.453 e. The lowest BCUT2D eigenvalue weighted by Crippen LogP contribution is -2.50. The maximum atomic E-state index is 13.3. The number of nitrogens with one attached hydrogen (secondary N) is 1. The highest BCUT2D eigenvalue weighted by Crippen LogP contribution is 2.34. The van der Waals surface area contributed by atoms with Crippen molar-refractivity contribution in [2.75, 3.05) is 20.2 Å². The summed E-state index contributed by atoms with van der Waals surface area (Å²) in [4.78, 5) is 13.0. The Balaban J connectivity index is 1.63. The molecule has 0 spiro atoms. The largest absolute Gasteiger partial charge is 0.496 e. The van der Waals surface area contributed by atoms with Gasteiger partial charge in [0.25, 0.3) is 5.82 Å². The van der Waals surface area contributed by atoms with Gasteiger partial charge in [0.05, 0.1) is 12.8 Å². The van der Waals surface area contributed by atoms with E-state index in [0.29, 0.717) is 35.5 Å². The molecule has 1 fully saturated rings. The number of methoxy groups -OCH3 is 1. The van der Waals surface area contributed by atoms with Crippen molar-refractivity contribution in [1.29, 1.82) is 0 Å². The fourth-order valence-electron chi connectivity index (χ4n) is 4.50. The minimum absolute atomic E-state index is 0.0739. The molecule has 2 N–H and O–H groups in total. The van der Waals surface area contributed by atoms with Gasteiger partial charge in [0.1, 0.15) is 5.75 Å². The molecule has 2 heterocycles.